The monoisotopic (exact) mass is 359 g/mol. The van der Waals surface area contributed by atoms with Gasteiger partial charge in [0.2, 0.25) is 0 Å². The van der Waals surface area contributed by atoms with Crippen LogP contribution in [0.25, 0.3) is 0 Å². The molecule has 2 aromatic rings. The Morgan fingerprint density at radius 2 is 1.60 bits per heavy atom. The lowest BCUT2D eigenvalue weighted by atomic mass is 9.84. The molecular weight excluding hydrogens is 338 g/mol. The lowest BCUT2D eigenvalue weighted by Gasteiger charge is -2.37. The number of ether oxygens (including phenoxy) is 1. The van der Waals surface area contributed by atoms with E-state index >= 15 is 0 Å². The molecule has 0 radical (unpaired) electrons. The number of piperidine rings is 1. The van der Waals surface area contributed by atoms with Gasteiger partial charge in [-0.2, -0.15) is 0 Å². The molecule has 1 aliphatic heterocycles. The number of hydrogen-bond donors (Lipinski definition) is 1. The van der Waals surface area contributed by atoms with Crippen LogP contribution in [0.5, 0.6) is 0 Å². The van der Waals surface area contributed by atoms with Crippen LogP contribution in [0.2, 0.25) is 0 Å². The lowest BCUT2D eigenvalue weighted by Crippen LogP contribution is -2.43. The number of rotatable bonds is 4. The van der Waals surface area contributed by atoms with Gasteiger partial charge in [0.25, 0.3) is 0 Å². The highest BCUT2D eigenvalue weighted by Crippen LogP contribution is 2.35. The van der Waals surface area contributed by atoms with Gasteiger partial charge in [0.15, 0.2) is 9.84 Å². The van der Waals surface area contributed by atoms with E-state index in [0.29, 0.717) is 18.4 Å². The second-order valence-corrected chi connectivity index (χ2v) is 8.31. The van der Waals surface area contributed by atoms with Crippen molar-refractivity contribution in [2.24, 2.45) is 0 Å². The summed E-state index contributed by atoms with van der Waals surface area (Å²) in [6.07, 6.45) is 2.54. The van der Waals surface area contributed by atoms with Gasteiger partial charge in [-0.15, -0.1) is 0 Å². The quantitative estimate of drug-likeness (QED) is 0.850. The molecule has 0 amide bonds. The van der Waals surface area contributed by atoms with Gasteiger partial charge in [-0.25, -0.2) is 13.2 Å². The topological polar surface area (TPSA) is 72.5 Å². The molecule has 132 valence electrons. The second kappa shape index (κ2) is 6.98. The van der Waals surface area contributed by atoms with Crippen molar-refractivity contribution in [2.45, 2.75) is 23.3 Å². The molecule has 1 N–H and O–H groups in total. The van der Waals surface area contributed by atoms with Crippen molar-refractivity contribution < 1.29 is 17.9 Å². The van der Waals surface area contributed by atoms with Gasteiger partial charge in [0.1, 0.15) is 5.60 Å². The first-order valence-corrected chi connectivity index (χ1v) is 10.1. The van der Waals surface area contributed by atoms with Crippen molar-refractivity contribution in [1.29, 1.82) is 0 Å². The van der Waals surface area contributed by atoms with Crippen LogP contribution in [-0.2, 0) is 20.2 Å². The minimum absolute atomic E-state index is 0.184. The Kier molecular flexibility index (Phi) is 4.92. The molecule has 1 saturated heterocycles. The predicted molar refractivity (Wildman–Crippen MR) is 95.2 cm³/mol. The van der Waals surface area contributed by atoms with Crippen LogP contribution in [-0.4, -0.2) is 33.7 Å². The van der Waals surface area contributed by atoms with Crippen LogP contribution in [0.1, 0.15) is 28.8 Å². The van der Waals surface area contributed by atoms with E-state index in [2.05, 4.69) is 5.32 Å². The van der Waals surface area contributed by atoms with Gasteiger partial charge in [0, 0.05) is 19.1 Å². The summed E-state index contributed by atoms with van der Waals surface area (Å²) in [5, 5.41) is 3.29. The highest BCUT2D eigenvalue weighted by atomic mass is 32.2. The van der Waals surface area contributed by atoms with Crippen LogP contribution in [0.3, 0.4) is 0 Å². The molecule has 0 unspecified atom stereocenters. The third-order valence-corrected chi connectivity index (χ3v) is 5.65. The number of sulfone groups is 1. The summed E-state index contributed by atoms with van der Waals surface area (Å²) >= 11 is 0. The molecule has 0 spiro atoms. The van der Waals surface area contributed by atoms with E-state index in [4.69, 9.17) is 4.74 Å². The van der Waals surface area contributed by atoms with E-state index in [1.807, 2.05) is 30.3 Å². The van der Waals surface area contributed by atoms with E-state index in [9.17, 15) is 13.2 Å². The molecule has 3 rings (SSSR count). The average molecular weight is 359 g/mol. The van der Waals surface area contributed by atoms with Crippen LogP contribution in [0.4, 0.5) is 0 Å². The van der Waals surface area contributed by atoms with E-state index in [1.54, 1.807) is 0 Å². The highest BCUT2D eigenvalue weighted by Gasteiger charge is 2.38. The summed E-state index contributed by atoms with van der Waals surface area (Å²) in [5.74, 6) is -0.439. The lowest BCUT2D eigenvalue weighted by molar-refractivity contribution is -0.0378. The van der Waals surface area contributed by atoms with Crippen molar-refractivity contribution in [3.8, 4) is 0 Å². The first kappa shape index (κ1) is 17.6. The van der Waals surface area contributed by atoms with Gasteiger partial charge < -0.3 is 10.1 Å². The van der Waals surface area contributed by atoms with Gasteiger partial charge >= 0.3 is 5.97 Å². The molecular formula is C19H21NO4S. The highest BCUT2D eigenvalue weighted by molar-refractivity contribution is 7.90. The zero-order valence-corrected chi connectivity index (χ0v) is 14.9. The summed E-state index contributed by atoms with van der Waals surface area (Å²) in [6, 6.07) is 15.6. The molecule has 0 aromatic heterocycles. The number of carbonyl (C=O) groups is 1. The van der Waals surface area contributed by atoms with Crippen LogP contribution in [0, 0.1) is 0 Å². The Hall–Kier alpha value is -2.18. The summed E-state index contributed by atoms with van der Waals surface area (Å²) in [4.78, 5) is 12.8. The number of nitrogens with one attached hydrogen (secondary N) is 1. The fourth-order valence-electron chi connectivity index (χ4n) is 3.10. The molecule has 0 aliphatic carbocycles. The minimum atomic E-state index is -3.29. The van der Waals surface area contributed by atoms with Crippen molar-refractivity contribution in [3.63, 3.8) is 0 Å². The molecule has 0 saturated carbocycles. The Bertz CT molecular complexity index is 839. The largest absolute Gasteiger partial charge is 0.450 e. The standard InChI is InChI=1S/C19H21NO4S/c1-25(22,23)17-9-7-15(8-10-17)18(21)24-19(11-13-20-14-12-19)16-5-3-2-4-6-16/h2-10,20H,11-14H2,1H3. The number of esters is 1. The van der Waals surface area contributed by atoms with E-state index in [-0.39, 0.29) is 4.90 Å². The zero-order chi connectivity index (χ0) is 17.9. The van der Waals surface area contributed by atoms with Crippen molar-refractivity contribution >= 4 is 15.8 Å². The molecule has 0 bridgehead atoms. The van der Waals surface area contributed by atoms with E-state index in [1.165, 1.54) is 24.3 Å². The molecule has 1 fully saturated rings. The predicted octanol–water partition coefficient (Wildman–Crippen LogP) is 2.53. The number of carbonyl (C=O) groups excluding carboxylic acids is 1. The fraction of sp³-hybridized carbons (Fsp3) is 0.316. The second-order valence-electron chi connectivity index (χ2n) is 6.30. The first-order chi connectivity index (χ1) is 11.9. The molecule has 2 aromatic carbocycles. The van der Waals surface area contributed by atoms with Gasteiger partial charge in [-0.1, -0.05) is 30.3 Å². The van der Waals surface area contributed by atoms with Crippen molar-refractivity contribution in [3.05, 3.63) is 65.7 Å². The average Bonchev–Trinajstić information content (AvgIpc) is 2.62. The zero-order valence-electron chi connectivity index (χ0n) is 14.1. The summed E-state index contributed by atoms with van der Waals surface area (Å²) in [5.41, 5.74) is 0.679. The molecule has 5 nitrogen and oxygen atoms in total. The van der Waals surface area contributed by atoms with Crippen LogP contribution in [0.15, 0.2) is 59.5 Å². The Balaban J connectivity index is 1.86. The van der Waals surface area contributed by atoms with Crippen LogP contribution >= 0.6 is 0 Å². The van der Waals surface area contributed by atoms with Crippen LogP contribution < -0.4 is 5.32 Å². The maximum absolute atomic E-state index is 12.7. The maximum Gasteiger partial charge on any atom is 0.339 e. The third-order valence-electron chi connectivity index (χ3n) is 4.52. The van der Waals surface area contributed by atoms with Gasteiger partial charge in [0.05, 0.1) is 10.5 Å². The number of benzene rings is 2. The summed E-state index contributed by atoms with van der Waals surface area (Å²) in [7, 11) is -3.29. The molecule has 1 aliphatic rings. The molecule has 0 atom stereocenters. The minimum Gasteiger partial charge on any atom is -0.450 e. The van der Waals surface area contributed by atoms with Gasteiger partial charge in [-0.05, 0) is 42.9 Å². The first-order valence-electron chi connectivity index (χ1n) is 8.20. The summed E-state index contributed by atoms with van der Waals surface area (Å²) in [6.45, 7) is 1.55. The number of hydrogen-bond acceptors (Lipinski definition) is 5. The third kappa shape index (κ3) is 3.91. The summed E-state index contributed by atoms with van der Waals surface area (Å²) < 4.78 is 29.0. The fourth-order valence-corrected chi connectivity index (χ4v) is 3.73. The van der Waals surface area contributed by atoms with E-state index < -0.39 is 21.4 Å². The Labute approximate surface area is 147 Å². The van der Waals surface area contributed by atoms with E-state index in [0.717, 1.165) is 24.9 Å². The molecule has 1 heterocycles. The van der Waals surface area contributed by atoms with Crippen molar-refractivity contribution in [1.82, 2.24) is 5.32 Å². The molecule has 6 heteroatoms. The van der Waals surface area contributed by atoms with Crippen molar-refractivity contribution in [2.75, 3.05) is 19.3 Å². The SMILES string of the molecule is CS(=O)(=O)c1ccc(C(=O)OC2(c3ccccc3)CCNCC2)cc1. The molecule has 25 heavy (non-hydrogen) atoms. The maximum atomic E-state index is 12.7. The smallest absolute Gasteiger partial charge is 0.339 e. The Morgan fingerprint density at radius 1 is 1.00 bits per heavy atom. The normalized spacial score (nSPS) is 17.0. The Morgan fingerprint density at radius 3 is 2.16 bits per heavy atom. The van der Waals surface area contributed by atoms with Gasteiger partial charge in [-0.3, -0.25) is 0 Å².